The average Bonchev–Trinajstić information content (AvgIpc) is 3.52. The van der Waals surface area contributed by atoms with E-state index in [1.807, 2.05) is 85.1 Å². The molecule has 2 aromatic heterocycles. The van der Waals surface area contributed by atoms with Gasteiger partial charge in [-0.3, -0.25) is 14.6 Å². The van der Waals surface area contributed by atoms with Crippen molar-refractivity contribution >= 4 is 23.2 Å². The molecule has 2 atom stereocenters. The first-order chi connectivity index (χ1) is 22.8. The van der Waals surface area contributed by atoms with E-state index in [4.69, 9.17) is 4.74 Å². The van der Waals surface area contributed by atoms with Crippen LogP contribution in [0.15, 0.2) is 103 Å². The Morgan fingerprint density at radius 2 is 1.72 bits per heavy atom. The van der Waals surface area contributed by atoms with Crippen LogP contribution in [-0.2, 0) is 19.5 Å². The van der Waals surface area contributed by atoms with Gasteiger partial charge in [0.15, 0.2) is 0 Å². The molecule has 0 aliphatic rings. The smallest absolute Gasteiger partial charge is 0.254 e. The minimum atomic E-state index is -0.905. The van der Waals surface area contributed by atoms with Crippen LogP contribution in [0.3, 0.4) is 0 Å². The maximum absolute atomic E-state index is 13.9. The van der Waals surface area contributed by atoms with E-state index >= 15 is 0 Å². The number of aliphatic hydroxyl groups is 1. The summed E-state index contributed by atoms with van der Waals surface area (Å²) in [6.45, 7) is 3.03. The Labute approximate surface area is 279 Å². The van der Waals surface area contributed by atoms with E-state index in [1.165, 1.54) is 11.3 Å². The van der Waals surface area contributed by atoms with Crippen LogP contribution in [0.1, 0.15) is 42.5 Å². The minimum Gasteiger partial charge on any atom is -0.497 e. The molecule has 0 unspecified atom stereocenters. The van der Waals surface area contributed by atoms with Crippen LogP contribution >= 0.6 is 11.3 Å². The van der Waals surface area contributed by atoms with Crippen molar-refractivity contribution < 1.29 is 19.4 Å². The number of aromatic nitrogens is 2. The Morgan fingerprint density at radius 1 is 0.957 bits per heavy atom. The van der Waals surface area contributed by atoms with Crippen molar-refractivity contribution in [1.82, 2.24) is 25.5 Å². The number of thiazole rings is 1. The van der Waals surface area contributed by atoms with Crippen molar-refractivity contribution in [3.63, 3.8) is 0 Å². The number of ether oxygens (including phenoxy) is 1. The van der Waals surface area contributed by atoms with Gasteiger partial charge in [-0.2, -0.15) is 0 Å². The van der Waals surface area contributed by atoms with Crippen molar-refractivity contribution in [1.29, 1.82) is 0 Å². The molecule has 0 radical (unpaired) electrons. The van der Waals surface area contributed by atoms with Crippen LogP contribution in [0, 0.1) is 6.92 Å². The highest BCUT2D eigenvalue weighted by atomic mass is 32.1. The molecule has 0 saturated heterocycles. The van der Waals surface area contributed by atoms with Gasteiger partial charge < -0.3 is 25.4 Å². The number of carbonyl (C=O) groups excluding carboxylic acids is 2. The van der Waals surface area contributed by atoms with E-state index < -0.39 is 18.1 Å². The summed E-state index contributed by atoms with van der Waals surface area (Å²) in [7, 11) is 3.34. The van der Waals surface area contributed by atoms with E-state index in [0.29, 0.717) is 41.9 Å². The lowest BCUT2D eigenvalue weighted by atomic mass is 9.98. The van der Waals surface area contributed by atoms with Gasteiger partial charge in [0, 0.05) is 54.1 Å². The summed E-state index contributed by atoms with van der Waals surface area (Å²) >= 11 is 1.50. The molecule has 242 valence electrons. The summed E-state index contributed by atoms with van der Waals surface area (Å²) in [5.41, 5.74) is 4.82. The van der Waals surface area contributed by atoms with Crippen LogP contribution in [0.5, 0.6) is 5.75 Å². The van der Waals surface area contributed by atoms with Crippen molar-refractivity contribution in [2.45, 2.75) is 38.6 Å². The van der Waals surface area contributed by atoms with Gasteiger partial charge in [-0.15, -0.1) is 11.3 Å². The average molecular weight is 650 g/mol. The second kappa shape index (κ2) is 16.1. The van der Waals surface area contributed by atoms with Crippen LogP contribution in [-0.4, -0.2) is 64.6 Å². The molecular weight excluding hydrogens is 611 g/mol. The molecular formula is C37H39N5O4S. The third-order valence-corrected chi connectivity index (χ3v) is 8.64. The van der Waals surface area contributed by atoms with Gasteiger partial charge in [0.05, 0.1) is 31.5 Å². The molecule has 9 nitrogen and oxygen atoms in total. The van der Waals surface area contributed by atoms with Crippen LogP contribution < -0.4 is 15.4 Å². The SMILES string of the molecule is COc1cccc(CNC[C@@H](O)[C@H](Cc2ccccc2)NC(=O)c2cc(C(=O)N(C)Cc3nc(C)cs3)cc(-c3ccccn3)c2)c1. The molecule has 2 heterocycles. The van der Waals surface area contributed by atoms with Gasteiger partial charge in [-0.05, 0) is 66.9 Å². The highest BCUT2D eigenvalue weighted by Crippen LogP contribution is 2.23. The molecule has 0 bridgehead atoms. The zero-order valence-corrected chi connectivity index (χ0v) is 27.5. The molecule has 0 saturated carbocycles. The van der Waals surface area contributed by atoms with Crippen molar-refractivity contribution in [3.8, 4) is 17.0 Å². The highest BCUT2D eigenvalue weighted by molar-refractivity contribution is 7.09. The predicted octanol–water partition coefficient (Wildman–Crippen LogP) is 5.29. The fourth-order valence-corrected chi connectivity index (χ4v) is 6.05. The lowest BCUT2D eigenvalue weighted by molar-refractivity contribution is 0.0784. The monoisotopic (exact) mass is 649 g/mol. The van der Waals surface area contributed by atoms with E-state index in [1.54, 1.807) is 43.5 Å². The number of aliphatic hydroxyl groups excluding tert-OH is 1. The summed E-state index contributed by atoms with van der Waals surface area (Å²) in [4.78, 5) is 38.1. The number of hydrogen-bond donors (Lipinski definition) is 3. The quantitative estimate of drug-likeness (QED) is 0.150. The standard InChI is InChI=1S/C37H39N5O4S/c1-25-24-47-35(40-25)23-42(2)37(45)30-19-28(32-14-7-8-15-39-32)18-29(20-30)36(44)41-33(17-26-10-5-4-6-11-26)34(43)22-38-21-27-12-9-13-31(16-27)46-3/h4-16,18-20,24,33-34,38,43H,17,21-23H2,1-3H3,(H,41,44)/t33-,34+/m0/s1. The van der Waals surface area contributed by atoms with E-state index in [-0.39, 0.29) is 12.5 Å². The zero-order chi connectivity index (χ0) is 33.2. The van der Waals surface area contributed by atoms with E-state index in [0.717, 1.165) is 27.6 Å². The largest absolute Gasteiger partial charge is 0.497 e. The number of pyridine rings is 1. The van der Waals surface area contributed by atoms with Gasteiger partial charge >= 0.3 is 0 Å². The molecule has 10 heteroatoms. The Hall–Kier alpha value is -4.90. The molecule has 3 aromatic carbocycles. The van der Waals surface area contributed by atoms with Gasteiger partial charge in [0.2, 0.25) is 0 Å². The third kappa shape index (κ3) is 9.32. The summed E-state index contributed by atoms with van der Waals surface area (Å²) in [5.74, 6) is 0.115. The number of nitrogens with zero attached hydrogens (tertiary/aromatic N) is 3. The molecule has 0 aliphatic heterocycles. The Balaban J connectivity index is 1.37. The molecule has 3 N–H and O–H groups in total. The fraction of sp³-hybridized carbons (Fsp3) is 0.243. The molecule has 2 amide bonds. The Kier molecular flexibility index (Phi) is 11.5. The van der Waals surface area contributed by atoms with Gasteiger partial charge in [-0.25, -0.2) is 4.98 Å². The first-order valence-corrected chi connectivity index (χ1v) is 16.3. The maximum Gasteiger partial charge on any atom is 0.254 e. The molecule has 0 aliphatic carbocycles. The zero-order valence-electron chi connectivity index (χ0n) is 26.7. The molecule has 0 fully saturated rings. The van der Waals surface area contributed by atoms with Crippen LogP contribution in [0.4, 0.5) is 0 Å². The molecule has 0 spiro atoms. The van der Waals surface area contributed by atoms with Gasteiger partial charge in [0.25, 0.3) is 11.8 Å². The van der Waals surface area contributed by atoms with Gasteiger partial charge in [0.1, 0.15) is 10.8 Å². The summed E-state index contributed by atoms with van der Waals surface area (Å²) < 4.78 is 5.32. The molecule has 5 rings (SSSR count). The van der Waals surface area contributed by atoms with E-state index in [9.17, 15) is 14.7 Å². The summed E-state index contributed by atoms with van der Waals surface area (Å²) in [6, 6.07) is 27.4. The normalized spacial score (nSPS) is 12.3. The molecule has 47 heavy (non-hydrogen) atoms. The Morgan fingerprint density at radius 3 is 2.45 bits per heavy atom. The highest BCUT2D eigenvalue weighted by Gasteiger charge is 2.24. The number of amides is 2. The van der Waals surface area contributed by atoms with Crippen molar-refractivity contribution in [2.75, 3.05) is 20.7 Å². The van der Waals surface area contributed by atoms with Crippen molar-refractivity contribution in [3.05, 3.63) is 136 Å². The van der Waals surface area contributed by atoms with Gasteiger partial charge in [-0.1, -0.05) is 48.5 Å². The Bertz CT molecular complexity index is 1780. The second-order valence-corrected chi connectivity index (χ2v) is 12.3. The number of aryl methyl sites for hydroxylation is 1. The first kappa shape index (κ1) is 33.5. The molecule has 5 aromatic rings. The van der Waals surface area contributed by atoms with E-state index in [2.05, 4.69) is 20.6 Å². The van der Waals surface area contributed by atoms with Crippen LogP contribution in [0.2, 0.25) is 0 Å². The summed E-state index contributed by atoms with van der Waals surface area (Å²) in [5, 5.41) is 20.5. The summed E-state index contributed by atoms with van der Waals surface area (Å²) in [6.07, 6.45) is 1.18. The predicted molar refractivity (Wildman–Crippen MR) is 184 cm³/mol. The first-order valence-electron chi connectivity index (χ1n) is 15.4. The maximum atomic E-state index is 13.9. The lowest BCUT2D eigenvalue weighted by Crippen LogP contribution is -2.48. The van der Waals surface area contributed by atoms with Crippen molar-refractivity contribution in [2.24, 2.45) is 0 Å². The number of methoxy groups -OCH3 is 1. The lowest BCUT2D eigenvalue weighted by Gasteiger charge is -2.25. The number of hydrogen-bond acceptors (Lipinski definition) is 8. The topological polar surface area (TPSA) is 117 Å². The number of nitrogens with one attached hydrogen (secondary N) is 2. The number of carbonyl (C=O) groups is 2. The second-order valence-electron chi connectivity index (χ2n) is 11.4. The van der Waals surface area contributed by atoms with Crippen LogP contribution in [0.25, 0.3) is 11.3 Å². The minimum absolute atomic E-state index is 0.243. The number of benzene rings is 3. The fourth-order valence-electron chi connectivity index (χ4n) is 5.23. The number of rotatable bonds is 14. The third-order valence-electron chi connectivity index (χ3n) is 7.68.